The maximum absolute atomic E-state index is 10.6. The topological polar surface area (TPSA) is 37.3 Å². The van der Waals surface area contributed by atoms with Crippen LogP contribution in [0.2, 0.25) is 0 Å². The number of carboxylic acids is 1. The number of aliphatic carboxylic acids is 1. The number of carboxylic acid groups (broad SMARTS) is 1. The Morgan fingerprint density at radius 1 is 1.82 bits per heavy atom. The van der Waals surface area contributed by atoms with Gasteiger partial charge in [0.15, 0.2) is 0 Å². The first kappa shape index (κ1) is 9.23. The molecule has 0 aromatic rings. The Labute approximate surface area is 78.6 Å². The fraction of sp³-hybridized carbons (Fsp3) is 0.500. The molecule has 62 valence electrons. The average Bonchev–Trinajstić information content (AvgIpc) is 2.06. The van der Waals surface area contributed by atoms with Gasteiger partial charge < -0.3 is 5.11 Å². The van der Waals surface area contributed by atoms with Crippen molar-refractivity contribution in [2.24, 2.45) is 0 Å². The molecule has 0 aromatic heterocycles. The smallest absolute Gasteiger partial charge is 0.335 e. The molecule has 0 saturated carbocycles. The summed E-state index contributed by atoms with van der Waals surface area (Å²) in [7, 11) is 0. The van der Waals surface area contributed by atoms with Crippen LogP contribution in [0.5, 0.6) is 0 Å². The third kappa shape index (κ3) is 1.66. The van der Waals surface area contributed by atoms with Crippen LogP contribution in [-0.4, -0.2) is 21.7 Å². The predicted molar refractivity (Wildman–Crippen MR) is 47.2 cm³/mol. The van der Waals surface area contributed by atoms with Crippen LogP contribution in [0, 0.1) is 0 Å². The van der Waals surface area contributed by atoms with Crippen molar-refractivity contribution in [2.45, 2.75) is 11.8 Å². The Kier molecular flexibility index (Phi) is 2.42. The Bertz CT molecular complexity index is 235. The van der Waals surface area contributed by atoms with E-state index < -0.39 is 10.8 Å². The summed E-state index contributed by atoms with van der Waals surface area (Å²) in [4.78, 5) is 9.78. The van der Waals surface area contributed by atoms with Crippen molar-refractivity contribution in [3.05, 3.63) is 9.94 Å². The van der Waals surface area contributed by atoms with E-state index >= 15 is 0 Å². The summed E-state index contributed by atoms with van der Waals surface area (Å²) < 4.78 is 0.301. The van der Waals surface area contributed by atoms with Crippen LogP contribution in [0.25, 0.3) is 0 Å². The van der Waals surface area contributed by atoms with Crippen LogP contribution in [0.3, 0.4) is 0 Å². The van der Waals surface area contributed by atoms with Crippen molar-refractivity contribution in [1.29, 1.82) is 0 Å². The second-order valence-electron chi connectivity index (χ2n) is 2.44. The minimum Gasteiger partial charge on any atom is -0.478 e. The first-order valence-corrected chi connectivity index (χ1v) is 4.64. The van der Waals surface area contributed by atoms with Gasteiger partial charge in [-0.3, -0.25) is 0 Å². The number of rotatable bonds is 1. The molecule has 0 amide bonds. The lowest BCUT2D eigenvalue weighted by Crippen LogP contribution is -2.24. The lowest BCUT2D eigenvalue weighted by Gasteiger charge is -2.14. The fourth-order valence-electron chi connectivity index (χ4n) is 0.855. The van der Waals surface area contributed by atoms with Gasteiger partial charge in [0, 0.05) is 5.75 Å². The van der Waals surface area contributed by atoms with Crippen LogP contribution in [0.1, 0.15) is 6.92 Å². The molecule has 1 unspecified atom stereocenters. The molecule has 0 radical (unpaired) electrons. The Hall–Kier alpha value is 0.140. The van der Waals surface area contributed by atoms with E-state index in [0.717, 1.165) is 0 Å². The molecule has 0 fully saturated rings. The number of thioether (sulfide) groups is 1. The highest BCUT2D eigenvalue weighted by atomic mass is 35.5. The molecule has 11 heavy (non-hydrogen) atoms. The van der Waals surface area contributed by atoms with Crippen molar-refractivity contribution in [1.82, 2.24) is 0 Å². The number of hydrogen-bond acceptors (Lipinski definition) is 2. The standard InChI is InChI=1S/C6H6Cl2O2S/c1-6(8)2-11-4(7)3(6)5(9)10/h2H2,1H3,(H,9,10). The fourth-order valence-corrected chi connectivity index (χ4v) is 2.75. The van der Waals surface area contributed by atoms with Gasteiger partial charge in [0.2, 0.25) is 0 Å². The molecular weight excluding hydrogens is 207 g/mol. The second kappa shape index (κ2) is 2.88. The quantitative estimate of drug-likeness (QED) is 0.679. The van der Waals surface area contributed by atoms with Gasteiger partial charge in [-0.25, -0.2) is 4.79 Å². The van der Waals surface area contributed by atoms with E-state index in [0.29, 0.717) is 10.1 Å². The monoisotopic (exact) mass is 212 g/mol. The molecule has 5 heteroatoms. The van der Waals surface area contributed by atoms with Crippen LogP contribution in [-0.2, 0) is 4.79 Å². The summed E-state index contributed by atoms with van der Waals surface area (Å²) >= 11 is 12.8. The summed E-state index contributed by atoms with van der Waals surface area (Å²) in [6.07, 6.45) is 0. The van der Waals surface area contributed by atoms with E-state index in [9.17, 15) is 4.79 Å². The molecule has 0 saturated heterocycles. The Balaban J connectivity index is 3.04. The largest absolute Gasteiger partial charge is 0.478 e. The minimum atomic E-state index is -1.03. The van der Waals surface area contributed by atoms with Crippen LogP contribution in [0.15, 0.2) is 9.94 Å². The molecular formula is C6H6Cl2O2S. The summed E-state index contributed by atoms with van der Waals surface area (Å²) in [6.45, 7) is 1.65. The zero-order valence-corrected chi connectivity index (χ0v) is 8.06. The first-order chi connectivity index (χ1) is 4.95. The molecule has 0 aromatic carbocycles. The molecule has 1 atom stereocenters. The molecule has 1 aliphatic rings. The molecule has 1 heterocycles. The van der Waals surface area contributed by atoms with Crippen LogP contribution >= 0.6 is 35.0 Å². The van der Waals surface area contributed by atoms with E-state index in [1.165, 1.54) is 11.8 Å². The van der Waals surface area contributed by atoms with Crippen molar-refractivity contribution in [3.63, 3.8) is 0 Å². The first-order valence-electron chi connectivity index (χ1n) is 2.90. The summed E-state index contributed by atoms with van der Waals surface area (Å²) in [5.74, 6) is -0.507. The zero-order valence-electron chi connectivity index (χ0n) is 5.73. The van der Waals surface area contributed by atoms with E-state index in [4.69, 9.17) is 28.3 Å². The molecule has 0 bridgehead atoms. The van der Waals surface area contributed by atoms with Gasteiger partial charge >= 0.3 is 5.97 Å². The Morgan fingerprint density at radius 2 is 2.36 bits per heavy atom. The highest BCUT2D eigenvalue weighted by Gasteiger charge is 2.39. The number of halogens is 2. The van der Waals surface area contributed by atoms with E-state index in [1.807, 2.05) is 0 Å². The Morgan fingerprint density at radius 3 is 2.55 bits per heavy atom. The predicted octanol–water partition coefficient (Wildman–Crippen LogP) is 2.27. The van der Waals surface area contributed by atoms with Crippen molar-refractivity contribution < 1.29 is 9.90 Å². The minimum absolute atomic E-state index is 0.117. The van der Waals surface area contributed by atoms with Gasteiger partial charge in [0.25, 0.3) is 0 Å². The maximum atomic E-state index is 10.6. The van der Waals surface area contributed by atoms with Crippen LogP contribution < -0.4 is 0 Å². The van der Waals surface area contributed by atoms with Gasteiger partial charge in [-0.15, -0.1) is 23.4 Å². The highest BCUT2D eigenvalue weighted by Crippen LogP contribution is 2.44. The molecule has 0 spiro atoms. The van der Waals surface area contributed by atoms with E-state index in [-0.39, 0.29) is 5.57 Å². The lowest BCUT2D eigenvalue weighted by atomic mass is 10.1. The molecule has 0 aliphatic carbocycles. The molecule has 1 rings (SSSR count). The third-order valence-corrected chi connectivity index (χ3v) is 3.58. The number of alkyl halides is 1. The van der Waals surface area contributed by atoms with Crippen molar-refractivity contribution in [2.75, 3.05) is 5.75 Å². The van der Waals surface area contributed by atoms with Crippen molar-refractivity contribution >= 4 is 40.9 Å². The molecule has 2 nitrogen and oxygen atoms in total. The SMILES string of the molecule is CC1(Cl)CSC(Cl)=C1C(=O)O. The summed E-state index contributed by atoms with van der Waals surface area (Å²) in [6, 6.07) is 0. The highest BCUT2D eigenvalue weighted by molar-refractivity contribution is 8.05. The zero-order chi connectivity index (χ0) is 8.65. The number of carbonyl (C=O) groups is 1. The van der Waals surface area contributed by atoms with Gasteiger partial charge in [-0.05, 0) is 6.92 Å². The summed E-state index contributed by atoms with van der Waals surface area (Å²) in [5, 5.41) is 8.68. The van der Waals surface area contributed by atoms with Gasteiger partial charge in [-0.1, -0.05) is 11.6 Å². The normalized spacial score (nSPS) is 31.2. The van der Waals surface area contributed by atoms with E-state index in [2.05, 4.69) is 0 Å². The van der Waals surface area contributed by atoms with Gasteiger partial charge in [0.1, 0.15) is 0 Å². The molecule has 1 aliphatic heterocycles. The average molecular weight is 213 g/mol. The third-order valence-electron chi connectivity index (χ3n) is 1.40. The molecule has 1 N–H and O–H groups in total. The number of hydrogen-bond donors (Lipinski definition) is 1. The summed E-state index contributed by atoms with van der Waals surface area (Å²) in [5.41, 5.74) is 0.117. The maximum Gasteiger partial charge on any atom is 0.335 e. The van der Waals surface area contributed by atoms with Gasteiger partial charge in [0.05, 0.1) is 14.8 Å². The van der Waals surface area contributed by atoms with Gasteiger partial charge in [-0.2, -0.15) is 0 Å². The van der Waals surface area contributed by atoms with Crippen LogP contribution in [0.4, 0.5) is 0 Å². The van der Waals surface area contributed by atoms with Crippen molar-refractivity contribution in [3.8, 4) is 0 Å². The van der Waals surface area contributed by atoms with E-state index in [1.54, 1.807) is 6.92 Å². The lowest BCUT2D eigenvalue weighted by molar-refractivity contribution is -0.132. The second-order valence-corrected chi connectivity index (χ2v) is 4.86.